The second-order valence-electron chi connectivity index (χ2n) is 16.0. The summed E-state index contributed by atoms with van der Waals surface area (Å²) in [6.07, 6.45) is 14.1. The van der Waals surface area contributed by atoms with Gasteiger partial charge in [-0.2, -0.15) is 10.5 Å². The van der Waals surface area contributed by atoms with Crippen LogP contribution >= 0.6 is 0 Å². The van der Waals surface area contributed by atoms with E-state index in [1.54, 1.807) is 6.92 Å². The fraction of sp³-hybridized carbons (Fsp3) is 0.771. The molecule has 4 fully saturated rings. The van der Waals surface area contributed by atoms with Crippen LogP contribution in [-0.4, -0.2) is 41.6 Å². The van der Waals surface area contributed by atoms with Gasteiger partial charge in [-0.3, -0.25) is 15.1 Å². The van der Waals surface area contributed by atoms with Crippen LogP contribution in [0.3, 0.4) is 0 Å². The predicted molar refractivity (Wildman–Crippen MR) is 161 cm³/mol. The number of hydrogen-bond donors (Lipinski definition) is 2. The Morgan fingerprint density at radius 3 is 2.48 bits per heavy atom. The van der Waals surface area contributed by atoms with E-state index in [9.17, 15) is 15.2 Å². The van der Waals surface area contributed by atoms with E-state index in [1.165, 1.54) is 5.57 Å². The molecule has 0 heterocycles. The van der Waals surface area contributed by atoms with Crippen molar-refractivity contribution in [1.82, 2.24) is 5.32 Å². The van der Waals surface area contributed by atoms with Crippen LogP contribution in [-0.2, 0) is 9.53 Å². The lowest BCUT2D eigenvalue weighted by Gasteiger charge is -2.69. The summed E-state index contributed by atoms with van der Waals surface area (Å²) < 4.78 is 6.83. The average molecular weight is 573 g/mol. The Labute approximate surface area is 251 Å². The minimum atomic E-state index is -0.686. The van der Waals surface area contributed by atoms with Gasteiger partial charge >= 0.3 is 0 Å². The Morgan fingerprint density at radius 2 is 1.81 bits per heavy atom. The number of aliphatic hydroxyl groups is 1. The lowest BCUT2D eigenvalue weighted by atomic mass is 9.35. The molecule has 0 aliphatic heterocycles. The highest BCUT2D eigenvalue weighted by atomic mass is 16.5. The lowest BCUT2D eigenvalue weighted by molar-refractivity contribution is -0.213. The van der Waals surface area contributed by atoms with Gasteiger partial charge in [-0.1, -0.05) is 46.3 Å². The summed E-state index contributed by atoms with van der Waals surface area (Å²) in [6.45, 7) is 14.5. The fourth-order valence-electron chi connectivity index (χ4n) is 11.0. The highest BCUT2D eigenvalue weighted by Gasteiger charge is 2.72. The van der Waals surface area contributed by atoms with E-state index in [2.05, 4.69) is 57.1 Å². The van der Waals surface area contributed by atoms with Crippen LogP contribution in [0.25, 0.3) is 0 Å². The molecule has 7 nitrogen and oxygen atoms in total. The maximum atomic E-state index is 14.6. The van der Waals surface area contributed by atoms with E-state index in [0.29, 0.717) is 24.6 Å². The number of fused-ring (bicyclic) bond motifs is 8. The predicted octanol–water partition coefficient (Wildman–Crippen LogP) is 6.01. The van der Waals surface area contributed by atoms with Crippen LogP contribution in [0.15, 0.2) is 28.3 Å². The molecule has 1 unspecified atom stereocenters. The van der Waals surface area contributed by atoms with Gasteiger partial charge in [0, 0.05) is 16.7 Å². The summed E-state index contributed by atoms with van der Waals surface area (Å²) >= 11 is 0. The van der Waals surface area contributed by atoms with Crippen molar-refractivity contribution >= 4 is 11.6 Å². The number of hydrogen-bond acceptors (Lipinski definition) is 6. The molecule has 6 aliphatic carbocycles. The number of carbonyl (C=O) groups excluding carboxylic acids is 1. The number of allylic oxidation sites excluding steroid dienone is 3. The first-order valence-electron chi connectivity index (χ1n) is 16.1. The number of nitrogens with zero attached hydrogens (tertiary/aromatic N) is 3. The van der Waals surface area contributed by atoms with Gasteiger partial charge in [0.1, 0.15) is 5.84 Å². The molecular weight excluding hydrogens is 524 g/mol. The standard InChI is InChI=1S/C35H48N4O3/c1-22(39-21-37)38-15-16-42-35-13-9-30(2,3)19-24(35)28-25(40)17-27-31(4)18-23(20-36)29(41)34(11-12-34)26(31)7-8-32(27,5)33(28,6)10-14-35/h17-18,24,26,28-29,41H,7-16,19H2,1-6H3,(H,38,39)/t24-,26+,28-,29?,31-,32+,33+,35-/m0/s1. The normalized spacial score (nSPS) is 44.7. The molecular formula is C35H48N4O3. The van der Waals surface area contributed by atoms with Crippen LogP contribution in [0.2, 0.25) is 0 Å². The van der Waals surface area contributed by atoms with E-state index in [1.807, 2.05) is 12.3 Å². The molecule has 4 saturated carbocycles. The average Bonchev–Trinajstić information content (AvgIpc) is 3.72. The summed E-state index contributed by atoms with van der Waals surface area (Å²) in [6, 6.07) is 2.34. The molecule has 0 aromatic carbocycles. The van der Waals surface area contributed by atoms with Crippen LogP contribution in [0.4, 0.5) is 0 Å². The van der Waals surface area contributed by atoms with E-state index in [-0.39, 0.29) is 50.8 Å². The first-order valence-corrected chi connectivity index (χ1v) is 16.1. The molecule has 0 aromatic rings. The van der Waals surface area contributed by atoms with Crippen molar-refractivity contribution in [2.75, 3.05) is 13.2 Å². The van der Waals surface area contributed by atoms with E-state index in [4.69, 9.17) is 10.00 Å². The second kappa shape index (κ2) is 9.51. The Morgan fingerprint density at radius 1 is 1.10 bits per heavy atom. The van der Waals surface area contributed by atoms with Crippen molar-refractivity contribution in [3.63, 3.8) is 0 Å². The zero-order valence-electron chi connectivity index (χ0n) is 26.3. The van der Waals surface area contributed by atoms with Crippen molar-refractivity contribution in [2.24, 2.45) is 49.8 Å². The lowest BCUT2D eigenvalue weighted by Crippen LogP contribution is -2.66. The fourth-order valence-corrected chi connectivity index (χ4v) is 11.0. The largest absolute Gasteiger partial charge is 0.387 e. The molecule has 7 heteroatoms. The summed E-state index contributed by atoms with van der Waals surface area (Å²) in [5.74, 6) is 1.09. The van der Waals surface area contributed by atoms with Gasteiger partial charge in [-0.05, 0) is 98.9 Å². The minimum Gasteiger partial charge on any atom is -0.387 e. The number of aliphatic hydroxyl groups excluding tert-OH is 1. The van der Waals surface area contributed by atoms with Crippen LogP contribution in [0, 0.1) is 67.6 Å². The zero-order valence-corrected chi connectivity index (χ0v) is 26.3. The summed E-state index contributed by atoms with van der Waals surface area (Å²) in [7, 11) is 0. The van der Waals surface area contributed by atoms with Crippen molar-refractivity contribution in [2.45, 2.75) is 111 Å². The summed E-state index contributed by atoms with van der Waals surface area (Å²) in [5, 5.41) is 32.7. The van der Waals surface area contributed by atoms with E-state index in [0.717, 1.165) is 57.8 Å². The smallest absolute Gasteiger partial charge is 0.182 e. The van der Waals surface area contributed by atoms with Gasteiger partial charge < -0.3 is 9.84 Å². The molecule has 226 valence electrons. The van der Waals surface area contributed by atoms with E-state index < -0.39 is 11.5 Å². The highest BCUT2D eigenvalue weighted by Crippen LogP contribution is 2.76. The number of nitriles is 2. The van der Waals surface area contributed by atoms with Crippen LogP contribution in [0.5, 0.6) is 0 Å². The highest BCUT2D eigenvalue weighted by molar-refractivity contribution is 5.95. The van der Waals surface area contributed by atoms with Crippen LogP contribution < -0.4 is 5.32 Å². The molecule has 1 spiro atoms. The third kappa shape index (κ3) is 3.95. The monoisotopic (exact) mass is 572 g/mol. The van der Waals surface area contributed by atoms with Crippen molar-refractivity contribution in [3.05, 3.63) is 23.3 Å². The molecule has 0 aromatic heterocycles. The number of ketones is 1. The quantitative estimate of drug-likeness (QED) is 0.140. The molecule has 0 radical (unpaired) electrons. The number of aliphatic imine (C=N–C) groups is 1. The second-order valence-corrected chi connectivity index (χ2v) is 16.0. The molecule has 2 N–H and O–H groups in total. The molecule has 6 aliphatic rings. The number of nitrogens with one attached hydrogen (secondary N) is 1. The SMILES string of the molecule is CC(=NCCO[C@]12CCC(C)(C)C[C@H]1[C@H]1C(=O)C=C3[C@@]4(C)C=C(C#N)C(O)C5(CC5)[C@@H]4CC[C@@]3(C)[C@]1(C)CC2)NC#N. The third-order valence-corrected chi connectivity index (χ3v) is 13.5. The Balaban J connectivity index is 1.39. The van der Waals surface area contributed by atoms with Crippen molar-refractivity contribution in [1.29, 1.82) is 10.5 Å². The third-order valence-electron chi connectivity index (χ3n) is 13.5. The zero-order chi connectivity index (χ0) is 30.3. The first-order chi connectivity index (χ1) is 19.7. The van der Waals surface area contributed by atoms with Crippen molar-refractivity contribution in [3.8, 4) is 12.3 Å². The van der Waals surface area contributed by atoms with Gasteiger partial charge in [0.15, 0.2) is 12.0 Å². The molecule has 6 rings (SSSR count). The Bertz CT molecular complexity index is 1360. The van der Waals surface area contributed by atoms with Gasteiger partial charge in [0.2, 0.25) is 0 Å². The van der Waals surface area contributed by atoms with Crippen molar-refractivity contribution < 1.29 is 14.6 Å². The van der Waals surface area contributed by atoms with E-state index >= 15 is 0 Å². The summed E-state index contributed by atoms with van der Waals surface area (Å²) in [5.41, 5.74) is 0.481. The van der Waals surface area contributed by atoms with Crippen LogP contribution in [0.1, 0.15) is 99.3 Å². The molecule has 0 amide bonds. The maximum absolute atomic E-state index is 14.6. The first kappa shape index (κ1) is 29.6. The van der Waals surface area contributed by atoms with Gasteiger partial charge in [-0.15, -0.1) is 0 Å². The molecule has 8 atom stereocenters. The Kier molecular flexibility index (Phi) is 6.70. The topological polar surface area (TPSA) is 118 Å². The molecule has 0 saturated heterocycles. The summed E-state index contributed by atoms with van der Waals surface area (Å²) in [4.78, 5) is 19.1. The van der Waals surface area contributed by atoms with Gasteiger partial charge in [0.05, 0.1) is 36.5 Å². The van der Waals surface area contributed by atoms with Gasteiger partial charge in [0.25, 0.3) is 0 Å². The number of rotatable bonds is 4. The maximum Gasteiger partial charge on any atom is 0.182 e. The minimum absolute atomic E-state index is 0.117. The van der Waals surface area contributed by atoms with Gasteiger partial charge in [-0.25, -0.2) is 0 Å². The molecule has 0 bridgehead atoms. The number of carbonyl (C=O) groups is 1. The number of ether oxygens (including phenoxy) is 1. The molecule has 42 heavy (non-hydrogen) atoms. The number of amidine groups is 1. The Hall–Kier alpha value is -2.48.